The lowest BCUT2D eigenvalue weighted by Crippen LogP contribution is -2.30. The lowest BCUT2D eigenvalue weighted by molar-refractivity contribution is -0.122. The van der Waals surface area contributed by atoms with Gasteiger partial charge in [0.05, 0.1) is 6.61 Å². The van der Waals surface area contributed by atoms with Crippen molar-refractivity contribution in [3.05, 3.63) is 59.1 Å². The van der Waals surface area contributed by atoms with Crippen LogP contribution in [-0.2, 0) is 10.5 Å². The van der Waals surface area contributed by atoms with Gasteiger partial charge in [0.25, 0.3) is 5.91 Å². The molecule has 0 spiro atoms. The third-order valence-electron chi connectivity index (χ3n) is 3.26. The number of carbonyl (C=O) groups excluding carboxylic acids is 1. The molecule has 0 aromatic heterocycles. The van der Waals surface area contributed by atoms with Crippen molar-refractivity contribution in [1.29, 1.82) is 0 Å². The first-order chi connectivity index (χ1) is 12.2. The van der Waals surface area contributed by atoms with Gasteiger partial charge in [-0.3, -0.25) is 4.79 Å². The van der Waals surface area contributed by atoms with Crippen molar-refractivity contribution in [3.8, 4) is 11.5 Å². The highest BCUT2D eigenvalue weighted by Crippen LogP contribution is 2.26. The fourth-order valence-corrected chi connectivity index (χ4v) is 3.02. The van der Waals surface area contributed by atoms with E-state index in [-0.39, 0.29) is 12.5 Å². The molecule has 0 aliphatic rings. The predicted octanol–water partition coefficient (Wildman–Crippen LogP) is 4.17. The molecule has 0 saturated carbocycles. The minimum absolute atomic E-state index is 0.0219. The van der Waals surface area contributed by atoms with Crippen molar-refractivity contribution >= 4 is 29.3 Å². The van der Waals surface area contributed by atoms with Gasteiger partial charge >= 0.3 is 0 Å². The summed E-state index contributed by atoms with van der Waals surface area (Å²) in [5.74, 6) is 2.82. The summed E-state index contributed by atoms with van der Waals surface area (Å²) < 4.78 is 11.0. The topological polar surface area (TPSA) is 47.6 Å². The third kappa shape index (κ3) is 7.28. The Hall–Kier alpha value is -1.85. The molecule has 0 aliphatic heterocycles. The van der Waals surface area contributed by atoms with E-state index >= 15 is 0 Å². The second-order valence-electron chi connectivity index (χ2n) is 5.20. The van der Waals surface area contributed by atoms with E-state index < -0.39 is 0 Å². The van der Waals surface area contributed by atoms with Gasteiger partial charge in [-0.25, -0.2) is 0 Å². The molecule has 0 unspecified atom stereocenters. The maximum absolute atomic E-state index is 11.9. The van der Waals surface area contributed by atoms with Gasteiger partial charge in [-0.15, -0.1) is 0 Å². The Kier molecular flexibility index (Phi) is 8.49. The van der Waals surface area contributed by atoms with Crippen LogP contribution in [-0.4, -0.2) is 31.4 Å². The second kappa shape index (κ2) is 10.9. The first-order valence-electron chi connectivity index (χ1n) is 8.12. The zero-order chi connectivity index (χ0) is 17.9. The molecule has 4 nitrogen and oxygen atoms in total. The van der Waals surface area contributed by atoms with Crippen molar-refractivity contribution in [2.24, 2.45) is 0 Å². The van der Waals surface area contributed by atoms with Gasteiger partial charge in [0, 0.05) is 23.1 Å². The van der Waals surface area contributed by atoms with Crippen LogP contribution in [0.3, 0.4) is 0 Å². The van der Waals surface area contributed by atoms with Crippen LogP contribution in [0.15, 0.2) is 48.5 Å². The molecular formula is C19H22ClNO3S. The molecule has 2 aromatic carbocycles. The summed E-state index contributed by atoms with van der Waals surface area (Å²) in [6, 6.07) is 15.1. The smallest absolute Gasteiger partial charge is 0.257 e. The molecule has 134 valence electrons. The standard InChI is InChI=1S/C19H22ClNO3S/c1-2-23-17-5-3-4-6-18(17)24-13-19(22)21-11-12-25-14-15-7-9-16(20)10-8-15/h3-10H,2,11-14H2,1H3,(H,21,22). The largest absolute Gasteiger partial charge is 0.490 e. The minimum atomic E-state index is -0.140. The molecule has 1 N–H and O–H groups in total. The average molecular weight is 380 g/mol. The summed E-state index contributed by atoms with van der Waals surface area (Å²) in [5.41, 5.74) is 1.22. The number of amides is 1. The summed E-state index contributed by atoms with van der Waals surface area (Å²) in [4.78, 5) is 11.9. The van der Waals surface area contributed by atoms with E-state index in [0.717, 1.165) is 16.5 Å². The van der Waals surface area contributed by atoms with Crippen LogP contribution in [0.1, 0.15) is 12.5 Å². The van der Waals surface area contributed by atoms with Gasteiger partial charge in [0.15, 0.2) is 18.1 Å². The fraction of sp³-hybridized carbons (Fsp3) is 0.316. The Balaban J connectivity index is 1.62. The highest BCUT2D eigenvalue weighted by Gasteiger charge is 2.07. The Bertz CT molecular complexity index is 664. The lowest BCUT2D eigenvalue weighted by atomic mass is 10.2. The number of ether oxygens (including phenoxy) is 2. The molecule has 2 rings (SSSR count). The van der Waals surface area contributed by atoms with Crippen LogP contribution in [0.25, 0.3) is 0 Å². The van der Waals surface area contributed by atoms with Gasteiger partial charge in [-0.05, 0) is 36.8 Å². The van der Waals surface area contributed by atoms with Crippen molar-refractivity contribution in [1.82, 2.24) is 5.32 Å². The number of hydrogen-bond acceptors (Lipinski definition) is 4. The first kappa shape index (κ1) is 19.5. The van der Waals surface area contributed by atoms with E-state index in [1.165, 1.54) is 5.56 Å². The van der Waals surface area contributed by atoms with Crippen molar-refractivity contribution < 1.29 is 14.3 Å². The van der Waals surface area contributed by atoms with E-state index in [9.17, 15) is 4.79 Å². The molecule has 25 heavy (non-hydrogen) atoms. The zero-order valence-electron chi connectivity index (χ0n) is 14.2. The van der Waals surface area contributed by atoms with Crippen molar-refractivity contribution in [2.45, 2.75) is 12.7 Å². The minimum Gasteiger partial charge on any atom is -0.490 e. The number of para-hydroxylation sites is 2. The number of benzene rings is 2. The molecule has 0 heterocycles. The second-order valence-corrected chi connectivity index (χ2v) is 6.74. The maximum Gasteiger partial charge on any atom is 0.257 e. The van der Waals surface area contributed by atoms with Gasteiger partial charge in [-0.2, -0.15) is 11.8 Å². The summed E-state index contributed by atoms with van der Waals surface area (Å²) in [5, 5.41) is 3.60. The van der Waals surface area contributed by atoms with E-state index in [4.69, 9.17) is 21.1 Å². The highest BCUT2D eigenvalue weighted by molar-refractivity contribution is 7.98. The molecule has 0 atom stereocenters. The molecule has 0 radical (unpaired) electrons. The molecule has 0 fully saturated rings. The van der Waals surface area contributed by atoms with Crippen LogP contribution in [0.5, 0.6) is 11.5 Å². The van der Waals surface area contributed by atoms with Crippen LogP contribution < -0.4 is 14.8 Å². The van der Waals surface area contributed by atoms with E-state index in [2.05, 4.69) is 5.32 Å². The summed E-state index contributed by atoms with van der Waals surface area (Å²) >= 11 is 7.62. The Labute approximate surface area is 157 Å². The molecule has 2 aromatic rings. The van der Waals surface area contributed by atoms with Crippen LogP contribution >= 0.6 is 23.4 Å². The average Bonchev–Trinajstić information content (AvgIpc) is 2.62. The Morgan fingerprint density at radius 3 is 2.44 bits per heavy atom. The van der Waals surface area contributed by atoms with Crippen LogP contribution in [0.2, 0.25) is 5.02 Å². The lowest BCUT2D eigenvalue weighted by Gasteiger charge is -2.11. The van der Waals surface area contributed by atoms with Crippen molar-refractivity contribution in [2.75, 3.05) is 25.5 Å². The number of halogens is 1. The van der Waals surface area contributed by atoms with Gasteiger partial charge in [0.2, 0.25) is 0 Å². The number of hydrogen-bond donors (Lipinski definition) is 1. The number of nitrogens with one attached hydrogen (secondary N) is 1. The van der Waals surface area contributed by atoms with E-state index in [1.807, 2.05) is 49.4 Å². The molecule has 0 bridgehead atoms. The Morgan fingerprint density at radius 1 is 1.08 bits per heavy atom. The van der Waals surface area contributed by atoms with Gasteiger partial charge in [-0.1, -0.05) is 35.9 Å². The van der Waals surface area contributed by atoms with Gasteiger partial charge in [0.1, 0.15) is 0 Å². The maximum atomic E-state index is 11.9. The fourth-order valence-electron chi connectivity index (χ4n) is 2.07. The van der Waals surface area contributed by atoms with E-state index in [0.29, 0.717) is 24.7 Å². The number of rotatable bonds is 10. The van der Waals surface area contributed by atoms with Crippen molar-refractivity contribution in [3.63, 3.8) is 0 Å². The molecule has 0 aliphatic carbocycles. The van der Waals surface area contributed by atoms with Crippen LogP contribution in [0, 0.1) is 0 Å². The Morgan fingerprint density at radius 2 is 1.76 bits per heavy atom. The van der Waals surface area contributed by atoms with Crippen LogP contribution in [0.4, 0.5) is 0 Å². The monoisotopic (exact) mass is 379 g/mol. The normalized spacial score (nSPS) is 10.3. The number of thioether (sulfide) groups is 1. The van der Waals surface area contributed by atoms with E-state index in [1.54, 1.807) is 17.8 Å². The quantitative estimate of drug-likeness (QED) is 0.629. The third-order valence-corrected chi connectivity index (χ3v) is 4.54. The predicted molar refractivity (Wildman–Crippen MR) is 104 cm³/mol. The summed E-state index contributed by atoms with van der Waals surface area (Å²) in [6.45, 7) is 3.04. The van der Waals surface area contributed by atoms with Gasteiger partial charge < -0.3 is 14.8 Å². The molecule has 6 heteroatoms. The molecular weight excluding hydrogens is 358 g/mol. The zero-order valence-corrected chi connectivity index (χ0v) is 15.7. The highest BCUT2D eigenvalue weighted by atomic mass is 35.5. The SMILES string of the molecule is CCOc1ccccc1OCC(=O)NCCSCc1ccc(Cl)cc1. The molecule has 0 saturated heterocycles. The summed E-state index contributed by atoms with van der Waals surface area (Å²) in [7, 11) is 0. The number of carbonyl (C=O) groups is 1. The first-order valence-corrected chi connectivity index (χ1v) is 9.66. The summed E-state index contributed by atoms with van der Waals surface area (Å²) in [6.07, 6.45) is 0. The molecule has 1 amide bonds.